The smallest absolute Gasteiger partial charge is 0.247 e. The predicted octanol–water partition coefficient (Wildman–Crippen LogP) is 2.71. The minimum atomic E-state index is -0.313. The molecular weight excluding hydrogens is 326 g/mol. The van der Waals surface area contributed by atoms with E-state index in [-0.39, 0.29) is 11.9 Å². The van der Waals surface area contributed by atoms with E-state index in [1.165, 1.54) is 4.90 Å². The first-order chi connectivity index (χ1) is 11.7. The Morgan fingerprint density at radius 1 is 1.38 bits per heavy atom. The third-order valence-corrected chi connectivity index (χ3v) is 4.53. The van der Waals surface area contributed by atoms with Gasteiger partial charge >= 0.3 is 0 Å². The summed E-state index contributed by atoms with van der Waals surface area (Å²) in [6.45, 7) is 3.12. The van der Waals surface area contributed by atoms with E-state index >= 15 is 0 Å². The maximum atomic E-state index is 12.6. The molecule has 1 aliphatic rings. The monoisotopic (exact) mass is 345 g/mol. The Hall–Kier alpha value is -2.12. The molecule has 7 heteroatoms. The minimum absolute atomic E-state index is 0.0836. The number of ether oxygens (including phenoxy) is 1. The summed E-state index contributed by atoms with van der Waals surface area (Å²) in [6, 6.07) is 7.75. The molecule has 2 heterocycles. The largest absolute Gasteiger partial charge is 0.377 e. The summed E-state index contributed by atoms with van der Waals surface area (Å²) in [6.07, 6.45) is 5.44. The zero-order chi connectivity index (χ0) is 16.9. The van der Waals surface area contributed by atoms with Gasteiger partial charge in [0.15, 0.2) is 5.82 Å². The lowest BCUT2D eigenvalue weighted by Crippen LogP contribution is -2.43. The van der Waals surface area contributed by atoms with Crippen LogP contribution in [0.2, 0.25) is 0 Å². The fourth-order valence-electron chi connectivity index (χ4n) is 2.51. The number of thioether (sulfide) groups is 1. The molecule has 1 unspecified atom stereocenters. The number of hydrogen-bond acceptors (Lipinski definition) is 6. The van der Waals surface area contributed by atoms with Crippen LogP contribution in [0, 0.1) is 6.92 Å². The molecule has 0 N–H and O–H groups in total. The minimum Gasteiger partial charge on any atom is -0.377 e. The number of amides is 1. The van der Waals surface area contributed by atoms with E-state index in [1.54, 1.807) is 29.7 Å². The molecule has 1 amide bonds. The van der Waals surface area contributed by atoms with Crippen LogP contribution in [0.4, 0.5) is 0 Å². The van der Waals surface area contributed by atoms with Crippen LogP contribution in [0.3, 0.4) is 0 Å². The predicted molar refractivity (Wildman–Crippen MR) is 91.6 cm³/mol. The number of nitrogens with zero attached hydrogens (tertiary/aromatic N) is 3. The molecule has 1 fully saturated rings. The van der Waals surface area contributed by atoms with Crippen LogP contribution in [0.1, 0.15) is 23.3 Å². The van der Waals surface area contributed by atoms with E-state index in [0.29, 0.717) is 31.5 Å². The van der Waals surface area contributed by atoms with Gasteiger partial charge < -0.3 is 14.2 Å². The lowest BCUT2D eigenvalue weighted by molar-refractivity contribution is -0.135. The van der Waals surface area contributed by atoms with E-state index in [0.717, 1.165) is 5.56 Å². The molecule has 24 heavy (non-hydrogen) atoms. The first-order valence-electron chi connectivity index (χ1n) is 7.68. The Balaban J connectivity index is 1.72. The zero-order valence-electron chi connectivity index (χ0n) is 13.6. The maximum Gasteiger partial charge on any atom is 0.247 e. The van der Waals surface area contributed by atoms with Crippen LogP contribution in [0.5, 0.6) is 0 Å². The molecule has 0 radical (unpaired) electrons. The van der Waals surface area contributed by atoms with Crippen molar-refractivity contribution >= 4 is 23.7 Å². The fourth-order valence-corrected chi connectivity index (χ4v) is 2.92. The van der Waals surface area contributed by atoms with Gasteiger partial charge in [-0.2, -0.15) is 4.98 Å². The van der Waals surface area contributed by atoms with Crippen LogP contribution in [0.25, 0.3) is 6.08 Å². The van der Waals surface area contributed by atoms with Gasteiger partial charge in [0.05, 0.1) is 13.2 Å². The van der Waals surface area contributed by atoms with Crippen LogP contribution < -0.4 is 0 Å². The summed E-state index contributed by atoms with van der Waals surface area (Å²) in [5, 5.41) is 3.92. The number of benzene rings is 1. The quantitative estimate of drug-likeness (QED) is 0.627. The number of aryl methyl sites for hydroxylation is 1. The van der Waals surface area contributed by atoms with Crippen molar-refractivity contribution in [2.45, 2.75) is 17.9 Å². The zero-order valence-corrected chi connectivity index (χ0v) is 14.5. The van der Waals surface area contributed by atoms with Gasteiger partial charge in [-0.1, -0.05) is 17.3 Å². The van der Waals surface area contributed by atoms with Crippen LogP contribution in [0.15, 0.2) is 39.8 Å². The van der Waals surface area contributed by atoms with Crippen molar-refractivity contribution in [2.24, 2.45) is 0 Å². The van der Waals surface area contributed by atoms with Crippen molar-refractivity contribution < 1.29 is 14.1 Å². The van der Waals surface area contributed by atoms with Crippen molar-refractivity contribution in [3.8, 4) is 0 Å². The molecule has 1 aromatic carbocycles. The molecule has 0 spiro atoms. The Morgan fingerprint density at radius 2 is 2.17 bits per heavy atom. The Bertz CT molecular complexity index is 727. The summed E-state index contributed by atoms with van der Waals surface area (Å²) in [4.78, 5) is 19.7. The Labute approximate surface area is 144 Å². The molecule has 2 aromatic rings. The highest BCUT2D eigenvalue weighted by atomic mass is 32.2. The molecule has 1 aromatic heterocycles. The fraction of sp³-hybridized carbons (Fsp3) is 0.353. The summed E-state index contributed by atoms with van der Waals surface area (Å²) in [5.41, 5.74) is 0.987. The first-order valence-corrected chi connectivity index (χ1v) is 8.90. The summed E-state index contributed by atoms with van der Waals surface area (Å²) in [5.74, 6) is 0.880. The Morgan fingerprint density at radius 3 is 2.83 bits per heavy atom. The van der Waals surface area contributed by atoms with E-state index in [1.807, 2.05) is 36.6 Å². The lowest BCUT2D eigenvalue weighted by atomic mass is 10.2. The number of morpholine rings is 1. The molecule has 0 saturated carbocycles. The molecule has 3 rings (SSSR count). The van der Waals surface area contributed by atoms with Gasteiger partial charge in [0, 0.05) is 24.4 Å². The van der Waals surface area contributed by atoms with Crippen molar-refractivity contribution in [1.82, 2.24) is 15.0 Å². The number of carbonyl (C=O) groups excluding carboxylic acids is 1. The van der Waals surface area contributed by atoms with Gasteiger partial charge in [0.2, 0.25) is 11.8 Å². The average Bonchev–Trinajstić information content (AvgIpc) is 3.06. The lowest BCUT2D eigenvalue weighted by Gasteiger charge is -2.32. The second-order valence-electron chi connectivity index (χ2n) is 5.40. The molecule has 0 bridgehead atoms. The normalized spacial score (nSPS) is 18.2. The number of aromatic nitrogens is 2. The number of carbonyl (C=O) groups is 1. The van der Waals surface area contributed by atoms with E-state index in [2.05, 4.69) is 10.1 Å². The van der Waals surface area contributed by atoms with E-state index < -0.39 is 0 Å². The third-order valence-electron chi connectivity index (χ3n) is 3.79. The number of rotatable bonds is 4. The Kier molecular flexibility index (Phi) is 5.32. The van der Waals surface area contributed by atoms with Crippen molar-refractivity contribution in [2.75, 3.05) is 26.0 Å². The van der Waals surface area contributed by atoms with Crippen LogP contribution >= 0.6 is 11.8 Å². The summed E-state index contributed by atoms with van der Waals surface area (Å²) in [7, 11) is 0. The van der Waals surface area contributed by atoms with Gasteiger partial charge in [-0.3, -0.25) is 4.79 Å². The topological polar surface area (TPSA) is 68.5 Å². The number of hydrogen-bond donors (Lipinski definition) is 0. The van der Waals surface area contributed by atoms with Crippen molar-refractivity contribution in [3.05, 3.63) is 47.6 Å². The molecule has 0 aliphatic carbocycles. The standard InChI is InChI=1S/C17H19N3O3S/c1-12-18-17(19-23-12)15-11-22-10-9-20(15)16(21)8-5-13-3-6-14(24-2)7-4-13/h3-8,15H,9-11H2,1-2H3. The summed E-state index contributed by atoms with van der Waals surface area (Å²) < 4.78 is 10.5. The molecule has 1 atom stereocenters. The maximum absolute atomic E-state index is 12.6. The highest BCUT2D eigenvalue weighted by molar-refractivity contribution is 7.98. The van der Waals surface area contributed by atoms with Gasteiger partial charge in [0.1, 0.15) is 6.04 Å². The van der Waals surface area contributed by atoms with Gasteiger partial charge in [0.25, 0.3) is 0 Å². The molecule has 126 valence electrons. The van der Waals surface area contributed by atoms with E-state index in [9.17, 15) is 4.79 Å². The van der Waals surface area contributed by atoms with Gasteiger partial charge in [-0.25, -0.2) is 0 Å². The molecular formula is C17H19N3O3S. The molecule has 6 nitrogen and oxygen atoms in total. The van der Waals surface area contributed by atoms with Gasteiger partial charge in [-0.05, 0) is 30.0 Å². The van der Waals surface area contributed by atoms with Gasteiger partial charge in [-0.15, -0.1) is 11.8 Å². The highest BCUT2D eigenvalue weighted by Crippen LogP contribution is 2.22. The summed E-state index contributed by atoms with van der Waals surface area (Å²) >= 11 is 1.69. The van der Waals surface area contributed by atoms with Crippen molar-refractivity contribution in [3.63, 3.8) is 0 Å². The van der Waals surface area contributed by atoms with E-state index in [4.69, 9.17) is 9.26 Å². The van der Waals surface area contributed by atoms with Crippen LogP contribution in [-0.2, 0) is 9.53 Å². The SMILES string of the molecule is CSc1ccc(C=CC(=O)N2CCOCC2c2noc(C)n2)cc1. The highest BCUT2D eigenvalue weighted by Gasteiger charge is 2.30. The first kappa shape index (κ1) is 16.7. The third kappa shape index (κ3) is 3.85. The second-order valence-corrected chi connectivity index (χ2v) is 6.28. The molecule has 1 saturated heterocycles. The average molecular weight is 345 g/mol. The molecule has 1 aliphatic heterocycles. The van der Waals surface area contributed by atoms with Crippen molar-refractivity contribution in [1.29, 1.82) is 0 Å². The van der Waals surface area contributed by atoms with Crippen LogP contribution in [-0.4, -0.2) is 47.0 Å². The second kappa shape index (κ2) is 7.63.